The van der Waals surface area contributed by atoms with Crippen molar-refractivity contribution in [3.8, 4) is 0 Å². The van der Waals surface area contributed by atoms with Gasteiger partial charge in [-0.15, -0.1) is 0 Å². The highest BCUT2D eigenvalue weighted by Crippen LogP contribution is 2.23. The molecule has 0 atom stereocenters. The quantitative estimate of drug-likeness (QED) is 0.610. The monoisotopic (exact) mass is 275 g/mol. The molecule has 0 fully saturated rings. The predicted molar refractivity (Wildman–Crippen MR) is 64.5 cm³/mol. The maximum Gasteiger partial charge on any atom is 0.460 e. The molecule has 0 aliphatic carbocycles. The van der Waals surface area contributed by atoms with E-state index >= 15 is 0 Å². The van der Waals surface area contributed by atoms with Gasteiger partial charge in [0.1, 0.15) is 0 Å². The lowest BCUT2D eigenvalue weighted by Crippen LogP contribution is -2.37. The highest BCUT2D eigenvalue weighted by atomic mass is 19.4. The van der Waals surface area contributed by atoms with Crippen molar-refractivity contribution in [2.24, 2.45) is 0 Å². The van der Waals surface area contributed by atoms with E-state index in [0.717, 1.165) is 0 Å². The summed E-state index contributed by atoms with van der Waals surface area (Å²) in [5.41, 5.74) is 0.827. The van der Waals surface area contributed by atoms with Gasteiger partial charge in [-0.25, -0.2) is 9.69 Å². The van der Waals surface area contributed by atoms with E-state index in [-0.39, 0.29) is 19.7 Å². The first-order chi connectivity index (χ1) is 8.88. The molecule has 0 spiro atoms. The molecule has 1 aromatic rings. The van der Waals surface area contributed by atoms with Gasteiger partial charge in [-0.3, -0.25) is 0 Å². The Hall–Kier alpha value is -1.56. The summed E-state index contributed by atoms with van der Waals surface area (Å²) in [6, 6.07) is 5.94. The summed E-state index contributed by atoms with van der Waals surface area (Å²) >= 11 is 0. The van der Waals surface area contributed by atoms with Gasteiger partial charge >= 0.3 is 12.3 Å². The van der Waals surface area contributed by atoms with Gasteiger partial charge in [-0.1, -0.05) is 19.1 Å². The molecule has 106 valence electrons. The zero-order valence-corrected chi connectivity index (χ0v) is 10.8. The van der Waals surface area contributed by atoms with Gasteiger partial charge < -0.3 is 4.74 Å². The molecule has 0 saturated heterocycles. The normalized spacial score (nSPS) is 11.7. The Kier molecular flexibility index (Phi) is 5.35. The first-order valence-corrected chi connectivity index (χ1v) is 5.96. The van der Waals surface area contributed by atoms with Crippen molar-refractivity contribution in [1.29, 1.82) is 0 Å². The van der Waals surface area contributed by atoms with Crippen LogP contribution in [0.25, 0.3) is 0 Å². The van der Waals surface area contributed by atoms with Crippen LogP contribution in [0, 0.1) is 0 Å². The summed E-state index contributed by atoms with van der Waals surface area (Å²) in [6.07, 6.45) is -4.35. The van der Waals surface area contributed by atoms with Gasteiger partial charge in [-0.2, -0.15) is 13.2 Å². The van der Waals surface area contributed by atoms with Crippen LogP contribution in [0.2, 0.25) is 0 Å². The Morgan fingerprint density at radius 1 is 1.21 bits per heavy atom. The number of hydrogen-bond acceptors (Lipinski definition) is 3. The van der Waals surface area contributed by atoms with Crippen LogP contribution < -0.4 is 0 Å². The molecule has 3 nitrogen and oxygen atoms in total. The predicted octanol–water partition coefficient (Wildman–Crippen LogP) is 3.21. The molecular weight excluding hydrogens is 259 g/mol. The van der Waals surface area contributed by atoms with Crippen LogP contribution >= 0.6 is 0 Å². The van der Waals surface area contributed by atoms with E-state index in [2.05, 4.69) is 0 Å². The van der Waals surface area contributed by atoms with Crippen LogP contribution in [0.15, 0.2) is 24.3 Å². The molecule has 0 radical (unpaired) electrons. The molecule has 1 rings (SSSR count). The fraction of sp³-hybridized carbons (Fsp3) is 0.462. The number of alkyl halides is 3. The fourth-order valence-corrected chi connectivity index (χ4v) is 1.56. The summed E-state index contributed by atoms with van der Waals surface area (Å²) in [7, 11) is 0. The average molecular weight is 275 g/mol. The van der Waals surface area contributed by atoms with Crippen molar-refractivity contribution < 1.29 is 22.7 Å². The van der Waals surface area contributed by atoms with Crippen LogP contribution in [-0.4, -0.2) is 30.3 Å². The maximum atomic E-state index is 12.6. The SMILES string of the molecule is CCOC(=O)c1ccc(CN(CC)C(F)(F)F)cc1. The molecule has 0 aliphatic rings. The lowest BCUT2D eigenvalue weighted by atomic mass is 10.1. The Bertz CT molecular complexity index is 415. The van der Waals surface area contributed by atoms with E-state index in [1.165, 1.54) is 31.2 Å². The molecule has 0 saturated carbocycles. The van der Waals surface area contributed by atoms with E-state index in [9.17, 15) is 18.0 Å². The Morgan fingerprint density at radius 3 is 2.21 bits per heavy atom. The van der Waals surface area contributed by atoms with Crippen molar-refractivity contribution in [2.75, 3.05) is 13.2 Å². The zero-order valence-electron chi connectivity index (χ0n) is 10.8. The van der Waals surface area contributed by atoms with Gasteiger partial charge in [0.05, 0.1) is 12.2 Å². The van der Waals surface area contributed by atoms with Gasteiger partial charge in [-0.05, 0) is 24.6 Å². The summed E-state index contributed by atoms with van der Waals surface area (Å²) < 4.78 is 42.5. The second-order valence-corrected chi connectivity index (χ2v) is 3.90. The van der Waals surface area contributed by atoms with E-state index in [4.69, 9.17) is 4.74 Å². The van der Waals surface area contributed by atoms with Gasteiger partial charge in [0.15, 0.2) is 0 Å². The zero-order chi connectivity index (χ0) is 14.5. The second-order valence-electron chi connectivity index (χ2n) is 3.90. The molecule has 19 heavy (non-hydrogen) atoms. The summed E-state index contributed by atoms with van der Waals surface area (Å²) in [5, 5.41) is 0. The topological polar surface area (TPSA) is 29.5 Å². The van der Waals surface area contributed by atoms with Crippen LogP contribution in [0.3, 0.4) is 0 Å². The minimum atomic E-state index is -4.35. The molecule has 0 aliphatic heterocycles. The van der Waals surface area contributed by atoms with E-state index in [1.807, 2.05) is 0 Å². The molecule has 0 N–H and O–H groups in total. The maximum absolute atomic E-state index is 12.6. The van der Waals surface area contributed by atoms with E-state index in [1.54, 1.807) is 6.92 Å². The lowest BCUT2D eigenvalue weighted by molar-refractivity contribution is -0.247. The van der Waals surface area contributed by atoms with Crippen molar-refractivity contribution in [3.63, 3.8) is 0 Å². The van der Waals surface area contributed by atoms with Crippen LogP contribution in [0.4, 0.5) is 13.2 Å². The third kappa shape index (κ3) is 4.55. The number of rotatable bonds is 5. The molecule has 0 amide bonds. The number of esters is 1. The third-order valence-corrected chi connectivity index (χ3v) is 2.58. The van der Waals surface area contributed by atoms with E-state index < -0.39 is 12.3 Å². The standard InChI is InChI=1S/C13H16F3NO2/c1-3-17(13(14,15)16)9-10-5-7-11(8-6-10)12(18)19-4-2/h5-8H,3-4,9H2,1-2H3. The van der Waals surface area contributed by atoms with Gasteiger partial charge in [0.2, 0.25) is 0 Å². The van der Waals surface area contributed by atoms with Crippen molar-refractivity contribution in [3.05, 3.63) is 35.4 Å². The lowest BCUT2D eigenvalue weighted by Gasteiger charge is -2.23. The van der Waals surface area contributed by atoms with Crippen LogP contribution in [-0.2, 0) is 11.3 Å². The number of halogens is 3. The number of benzene rings is 1. The van der Waals surface area contributed by atoms with Gasteiger partial charge in [0, 0.05) is 13.1 Å². The number of nitrogens with zero attached hydrogens (tertiary/aromatic N) is 1. The summed E-state index contributed by atoms with van der Waals surface area (Å²) in [5.74, 6) is -0.475. The van der Waals surface area contributed by atoms with Gasteiger partial charge in [0.25, 0.3) is 0 Å². The highest BCUT2D eigenvalue weighted by molar-refractivity contribution is 5.89. The number of carbonyl (C=O) groups is 1. The Labute approximate surface area is 110 Å². The molecular formula is C13H16F3NO2. The molecule has 0 bridgehead atoms. The average Bonchev–Trinajstić information content (AvgIpc) is 2.35. The number of hydrogen-bond donors (Lipinski definition) is 0. The van der Waals surface area contributed by atoms with Crippen molar-refractivity contribution in [1.82, 2.24) is 4.90 Å². The Morgan fingerprint density at radius 2 is 1.79 bits per heavy atom. The van der Waals surface area contributed by atoms with E-state index in [0.29, 0.717) is 16.0 Å². The van der Waals surface area contributed by atoms with Crippen LogP contribution in [0.5, 0.6) is 0 Å². The second kappa shape index (κ2) is 6.56. The number of ether oxygens (including phenoxy) is 1. The molecule has 0 unspecified atom stereocenters. The summed E-state index contributed by atoms with van der Waals surface area (Å²) in [4.78, 5) is 11.8. The van der Waals surface area contributed by atoms with Crippen molar-refractivity contribution in [2.45, 2.75) is 26.7 Å². The number of carbonyl (C=O) groups excluding carboxylic acids is 1. The highest BCUT2D eigenvalue weighted by Gasteiger charge is 2.35. The first kappa shape index (κ1) is 15.5. The minimum Gasteiger partial charge on any atom is -0.462 e. The molecule has 0 heterocycles. The minimum absolute atomic E-state index is 0.122. The third-order valence-electron chi connectivity index (χ3n) is 2.58. The first-order valence-electron chi connectivity index (χ1n) is 5.96. The van der Waals surface area contributed by atoms with Crippen molar-refractivity contribution >= 4 is 5.97 Å². The molecule has 0 aromatic heterocycles. The largest absolute Gasteiger partial charge is 0.462 e. The van der Waals surface area contributed by atoms with Crippen LogP contribution in [0.1, 0.15) is 29.8 Å². The smallest absolute Gasteiger partial charge is 0.460 e. The Balaban J connectivity index is 2.74. The molecule has 1 aromatic carbocycles. The fourth-order valence-electron chi connectivity index (χ4n) is 1.56. The molecule has 6 heteroatoms. The summed E-state index contributed by atoms with van der Waals surface area (Å²) in [6.45, 7) is 3.04.